The summed E-state index contributed by atoms with van der Waals surface area (Å²) in [6, 6.07) is 0. The maximum absolute atomic E-state index is 5.66. The molecule has 3 heteroatoms. The molecule has 14 heavy (non-hydrogen) atoms. The number of ether oxygens (including phenoxy) is 1. The second kappa shape index (κ2) is 6.38. The minimum Gasteiger partial charge on any atom is -0.376 e. The van der Waals surface area contributed by atoms with E-state index in [9.17, 15) is 0 Å². The molecule has 0 bridgehead atoms. The summed E-state index contributed by atoms with van der Waals surface area (Å²) in [6.45, 7) is 9.20. The number of nitrogens with zero attached hydrogens (tertiary/aromatic N) is 1. The molecule has 0 aromatic rings. The molecule has 0 saturated carbocycles. The highest BCUT2D eigenvalue weighted by Crippen LogP contribution is 2.15. The first kappa shape index (κ1) is 12.0. The van der Waals surface area contributed by atoms with Crippen molar-refractivity contribution in [3.8, 4) is 0 Å². The highest BCUT2D eigenvalue weighted by Gasteiger charge is 2.19. The van der Waals surface area contributed by atoms with Crippen molar-refractivity contribution < 1.29 is 4.74 Å². The molecule has 2 atom stereocenters. The van der Waals surface area contributed by atoms with Crippen molar-refractivity contribution >= 4 is 0 Å². The lowest BCUT2D eigenvalue weighted by atomic mass is 10.00. The van der Waals surface area contributed by atoms with E-state index in [0.717, 1.165) is 19.1 Å². The molecule has 84 valence electrons. The van der Waals surface area contributed by atoms with Crippen LogP contribution in [0.3, 0.4) is 0 Å². The molecule has 1 rings (SSSR count). The molecule has 1 saturated heterocycles. The van der Waals surface area contributed by atoms with Crippen molar-refractivity contribution in [1.82, 2.24) is 4.90 Å². The molecule has 0 aromatic carbocycles. The van der Waals surface area contributed by atoms with Gasteiger partial charge in [0.1, 0.15) is 0 Å². The number of piperidine rings is 1. The number of nitrogens with two attached hydrogens (primary N) is 1. The summed E-state index contributed by atoms with van der Waals surface area (Å²) < 4.78 is 5.56. The van der Waals surface area contributed by atoms with E-state index in [1.165, 1.54) is 25.9 Å². The van der Waals surface area contributed by atoms with Gasteiger partial charge < -0.3 is 15.4 Å². The van der Waals surface area contributed by atoms with Crippen molar-refractivity contribution in [3.63, 3.8) is 0 Å². The molecule has 0 spiro atoms. The molecular formula is C11H24N2O. The summed E-state index contributed by atoms with van der Waals surface area (Å²) in [5, 5.41) is 0. The summed E-state index contributed by atoms with van der Waals surface area (Å²) in [4.78, 5) is 2.49. The topological polar surface area (TPSA) is 38.5 Å². The van der Waals surface area contributed by atoms with Crippen LogP contribution in [-0.2, 0) is 4.74 Å². The van der Waals surface area contributed by atoms with E-state index in [1.54, 1.807) is 0 Å². The molecule has 1 heterocycles. The first-order valence-electron chi connectivity index (χ1n) is 5.80. The van der Waals surface area contributed by atoms with Crippen LogP contribution in [0.1, 0.15) is 26.7 Å². The predicted molar refractivity (Wildman–Crippen MR) is 59.3 cm³/mol. The molecule has 0 amide bonds. The van der Waals surface area contributed by atoms with Gasteiger partial charge in [-0.2, -0.15) is 0 Å². The molecule has 0 aliphatic carbocycles. The molecule has 1 aliphatic heterocycles. The van der Waals surface area contributed by atoms with Crippen LogP contribution < -0.4 is 5.73 Å². The average molecular weight is 200 g/mol. The molecule has 2 N–H and O–H groups in total. The van der Waals surface area contributed by atoms with Crippen LogP contribution in [0, 0.1) is 5.92 Å². The third-order valence-corrected chi connectivity index (χ3v) is 2.87. The predicted octanol–water partition coefficient (Wildman–Crippen LogP) is 1.08. The zero-order valence-corrected chi connectivity index (χ0v) is 9.54. The van der Waals surface area contributed by atoms with Crippen molar-refractivity contribution in [1.29, 1.82) is 0 Å². The van der Waals surface area contributed by atoms with Crippen LogP contribution in [0.2, 0.25) is 0 Å². The lowest BCUT2D eigenvalue weighted by Crippen LogP contribution is -2.42. The summed E-state index contributed by atoms with van der Waals surface area (Å²) in [6.07, 6.45) is 2.92. The van der Waals surface area contributed by atoms with Crippen LogP contribution in [0.15, 0.2) is 0 Å². The fourth-order valence-electron chi connectivity index (χ4n) is 2.17. The van der Waals surface area contributed by atoms with Crippen LogP contribution in [0.25, 0.3) is 0 Å². The molecule has 2 unspecified atom stereocenters. The van der Waals surface area contributed by atoms with Crippen LogP contribution in [0.4, 0.5) is 0 Å². The smallest absolute Gasteiger partial charge is 0.0823 e. The Morgan fingerprint density at radius 2 is 2.36 bits per heavy atom. The van der Waals surface area contributed by atoms with Crippen molar-refractivity contribution in [2.45, 2.75) is 32.8 Å². The lowest BCUT2D eigenvalue weighted by Gasteiger charge is -2.33. The first-order valence-corrected chi connectivity index (χ1v) is 5.80. The van der Waals surface area contributed by atoms with Gasteiger partial charge in [0, 0.05) is 26.2 Å². The Bertz CT molecular complexity index is 152. The van der Waals surface area contributed by atoms with E-state index < -0.39 is 0 Å². The van der Waals surface area contributed by atoms with Crippen LogP contribution in [-0.4, -0.2) is 43.8 Å². The Labute approximate surface area is 87.6 Å². The fraction of sp³-hybridized carbons (Fsp3) is 1.00. The lowest BCUT2D eigenvalue weighted by molar-refractivity contribution is 0.0290. The molecule has 1 aliphatic rings. The molecule has 3 nitrogen and oxygen atoms in total. The normalized spacial score (nSPS) is 26.4. The van der Waals surface area contributed by atoms with E-state index in [-0.39, 0.29) is 6.10 Å². The van der Waals surface area contributed by atoms with Crippen molar-refractivity contribution in [3.05, 3.63) is 0 Å². The molecular weight excluding hydrogens is 176 g/mol. The zero-order valence-electron chi connectivity index (χ0n) is 9.54. The van der Waals surface area contributed by atoms with Crippen molar-refractivity contribution in [2.24, 2.45) is 11.7 Å². The first-order chi connectivity index (χ1) is 6.76. The minimum atomic E-state index is 0.227. The molecule has 0 radical (unpaired) electrons. The Kier molecular flexibility index (Phi) is 5.45. The van der Waals surface area contributed by atoms with Gasteiger partial charge in [-0.1, -0.05) is 6.92 Å². The van der Waals surface area contributed by atoms with E-state index in [1.807, 2.05) is 6.92 Å². The number of hydrogen-bond donors (Lipinski definition) is 1. The van der Waals surface area contributed by atoms with E-state index in [0.29, 0.717) is 6.54 Å². The minimum absolute atomic E-state index is 0.227. The Morgan fingerprint density at radius 3 is 2.93 bits per heavy atom. The number of rotatable bonds is 5. The van der Waals surface area contributed by atoms with E-state index in [4.69, 9.17) is 10.5 Å². The molecule has 0 aromatic heterocycles. The second-order valence-corrected chi connectivity index (χ2v) is 4.32. The number of likely N-dealkylation sites (tertiary alicyclic amines) is 1. The standard InChI is InChI=1S/C11H24N2O/c1-3-14-11(7-12)9-13-6-4-5-10(2)8-13/h10-11H,3-9,12H2,1-2H3. The summed E-state index contributed by atoms with van der Waals surface area (Å²) in [5.74, 6) is 0.837. The van der Waals surface area contributed by atoms with Gasteiger partial charge >= 0.3 is 0 Å². The summed E-state index contributed by atoms with van der Waals surface area (Å²) >= 11 is 0. The third-order valence-electron chi connectivity index (χ3n) is 2.87. The van der Waals surface area contributed by atoms with E-state index in [2.05, 4.69) is 11.8 Å². The average Bonchev–Trinajstić information content (AvgIpc) is 2.17. The summed E-state index contributed by atoms with van der Waals surface area (Å²) in [5.41, 5.74) is 5.66. The largest absolute Gasteiger partial charge is 0.376 e. The van der Waals surface area contributed by atoms with Gasteiger partial charge in [-0.25, -0.2) is 0 Å². The molecule has 1 fully saturated rings. The number of hydrogen-bond acceptors (Lipinski definition) is 3. The SMILES string of the molecule is CCOC(CN)CN1CCCC(C)C1. The van der Waals surface area contributed by atoms with E-state index >= 15 is 0 Å². The van der Waals surface area contributed by atoms with Crippen LogP contribution >= 0.6 is 0 Å². The monoisotopic (exact) mass is 200 g/mol. The fourth-order valence-corrected chi connectivity index (χ4v) is 2.17. The van der Waals surface area contributed by atoms with Gasteiger partial charge in [0.2, 0.25) is 0 Å². The van der Waals surface area contributed by atoms with Gasteiger partial charge in [-0.3, -0.25) is 0 Å². The zero-order chi connectivity index (χ0) is 10.4. The van der Waals surface area contributed by atoms with Gasteiger partial charge in [-0.05, 0) is 32.2 Å². The highest BCUT2D eigenvalue weighted by molar-refractivity contribution is 4.73. The second-order valence-electron chi connectivity index (χ2n) is 4.32. The quantitative estimate of drug-likeness (QED) is 0.722. The summed E-state index contributed by atoms with van der Waals surface area (Å²) in [7, 11) is 0. The maximum atomic E-state index is 5.66. The van der Waals surface area contributed by atoms with Gasteiger partial charge in [0.15, 0.2) is 0 Å². The Hall–Kier alpha value is -0.120. The van der Waals surface area contributed by atoms with Gasteiger partial charge in [-0.15, -0.1) is 0 Å². The Morgan fingerprint density at radius 1 is 1.57 bits per heavy atom. The van der Waals surface area contributed by atoms with Gasteiger partial charge in [0.25, 0.3) is 0 Å². The van der Waals surface area contributed by atoms with Crippen molar-refractivity contribution in [2.75, 3.05) is 32.8 Å². The third kappa shape index (κ3) is 3.95. The van der Waals surface area contributed by atoms with Gasteiger partial charge in [0.05, 0.1) is 6.10 Å². The van der Waals surface area contributed by atoms with Crippen LogP contribution in [0.5, 0.6) is 0 Å². The highest BCUT2D eigenvalue weighted by atomic mass is 16.5. The Balaban J connectivity index is 2.26. The maximum Gasteiger partial charge on any atom is 0.0823 e.